The molecule has 0 fully saturated rings. The van der Waals surface area contributed by atoms with E-state index in [4.69, 9.17) is 5.73 Å². The fourth-order valence-corrected chi connectivity index (χ4v) is 1.38. The molecule has 1 atom stereocenters. The Morgan fingerprint density at radius 1 is 1.67 bits per heavy atom. The largest absolute Gasteiger partial charge is 0.356 e. The number of nitrogens with two attached hydrogens (primary N) is 1. The maximum Gasteiger partial charge on any atom is 0.267 e. The second-order valence-corrected chi connectivity index (χ2v) is 4.77. The highest BCUT2D eigenvalue weighted by Crippen LogP contribution is 2.10. The summed E-state index contributed by atoms with van der Waals surface area (Å²) >= 11 is 3.27. The van der Waals surface area contributed by atoms with E-state index in [2.05, 4.69) is 26.2 Å². The fraction of sp³-hybridized carbons (Fsp3) is 0.500. The van der Waals surface area contributed by atoms with Crippen LogP contribution >= 0.6 is 15.9 Å². The SMILES string of the molecule is CC(C)C(N)CNC(=O)c1cc(Br)c[nH]1. The maximum atomic E-state index is 11.6. The molecule has 5 heteroatoms. The predicted molar refractivity (Wildman–Crippen MR) is 63.6 cm³/mol. The molecule has 0 aliphatic carbocycles. The predicted octanol–water partition coefficient (Wildman–Crippen LogP) is 1.49. The van der Waals surface area contributed by atoms with Gasteiger partial charge in [0.1, 0.15) is 5.69 Å². The standard InChI is InChI=1S/C10H16BrN3O/c1-6(2)8(12)5-14-10(15)9-3-7(11)4-13-9/h3-4,6,8,13H,5,12H2,1-2H3,(H,14,15). The Labute approximate surface area is 97.7 Å². The van der Waals surface area contributed by atoms with Gasteiger partial charge in [-0.25, -0.2) is 0 Å². The summed E-state index contributed by atoms with van der Waals surface area (Å²) in [4.78, 5) is 14.4. The van der Waals surface area contributed by atoms with Gasteiger partial charge in [-0.3, -0.25) is 4.79 Å². The lowest BCUT2D eigenvalue weighted by atomic mass is 10.1. The van der Waals surface area contributed by atoms with Crippen LogP contribution in [0.4, 0.5) is 0 Å². The number of aromatic amines is 1. The fourth-order valence-electron chi connectivity index (χ4n) is 1.04. The highest BCUT2D eigenvalue weighted by Gasteiger charge is 2.11. The monoisotopic (exact) mass is 273 g/mol. The van der Waals surface area contributed by atoms with Crippen LogP contribution < -0.4 is 11.1 Å². The van der Waals surface area contributed by atoms with Crippen LogP contribution in [-0.2, 0) is 0 Å². The first-order valence-electron chi connectivity index (χ1n) is 4.88. The van der Waals surface area contributed by atoms with Crippen molar-refractivity contribution in [2.24, 2.45) is 11.7 Å². The van der Waals surface area contributed by atoms with Crippen LogP contribution in [0.15, 0.2) is 16.7 Å². The average molecular weight is 274 g/mol. The quantitative estimate of drug-likeness (QED) is 0.778. The summed E-state index contributed by atoms with van der Waals surface area (Å²) in [5.41, 5.74) is 6.35. The lowest BCUT2D eigenvalue weighted by Gasteiger charge is -2.15. The first-order chi connectivity index (χ1) is 7.00. The zero-order chi connectivity index (χ0) is 11.4. The maximum absolute atomic E-state index is 11.6. The molecule has 1 amide bonds. The number of amides is 1. The molecular formula is C10H16BrN3O. The number of rotatable bonds is 4. The van der Waals surface area contributed by atoms with Crippen molar-refractivity contribution in [3.8, 4) is 0 Å². The van der Waals surface area contributed by atoms with Gasteiger partial charge in [0.05, 0.1) is 0 Å². The number of carbonyl (C=O) groups is 1. The first kappa shape index (κ1) is 12.3. The molecule has 84 valence electrons. The third-order valence-corrected chi connectivity index (χ3v) is 2.70. The average Bonchev–Trinajstić information content (AvgIpc) is 2.60. The molecule has 4 nitrogen and oxygen atoms in total. The van der Waals surface area contributed by atoms with Gasteiger partial charge in [-0.2, -0.15) is 0 Å². The summed E-state index contributed by atoms with van der Waals surface area (Å²) in [5.74, 6) is 0.234. The van der Waals surface area contributed by atoms with Crippen molar-refractivity contribution in [3.63, 3.8) is 0 Å². The van der Waals surface area contributed by atoms with Crippen LogP contribution in [0, 0.1) is 5.92 Å². The van der Waals surface area contributed by atoms with Gasteiger partial charge in [-0.15, -0.1) is 0 Å². The van der Waals surface area contributed by atoms with E-state index in [9.17, 15) is 4.79 Å². The van der Waals surface area contributed by atoms with E-state index >= 15 is 0 Å². The Morgan fingerprint density at radius 3 is 2.80 bits per heavy atom. The Balaban J connectivity index is 2.43. The van der Waals surface area contributed by atoms with Crippen LogP contribution in [-0.4, -0.2) is 23.5 Å². The van der Waals surface area contributed by atoms with Crippen molar-refractivity contribution in [2.45, 2.75) is 19.9 Å². The molecule has 0 spiro atoms. The van der Waals surface area contributed by atoms with Gasteiger partial charge in [-0.05, 0) is 27.9 Å². The molecule has 0 aliphatic rings. The van der Waals surface area contributed by atoms with E-state index in [-0.39, 0.29) is 11.9 Å². The summed E-state index contributed by atoms with van der Waals surface area (Å²) in [6, 6.07) is 1.73. The van der Waals surface area contributed by atoms with Crippen molar-refractivity contribution in [2.75, 3.05) is 6.54 Å². The zero-order valence-corrected chi connectivity index (χ0v) is 10.5. The minimum absolute atomic E-state index is 0.00708. The topological polar surface area (TPSA) is 70.9 Å². The molecule has 0 aromatic carbocycles. The van der Waals surface area contributed by atoms with Crippen molar-refractivity contribution < 1.29 is 4.79 Å². The molecule has 15 heavy (non-hydrogen) atoms. The summed E-state index contributed by atoms with van der Waals surface area (Å²) in [7, 11) is 0. The van der Waals surface area contributed by atoms with E-state index in [1.54, 1.807) is 12.3 Å². The number of carbonyl (C=O) groups excluding carboxylic acids is 1. The highest BCUT2D eigenvalue weighted by atomic mass is 79.9. The molecular weight excluding hydrogens is 258 g/mol. The van der Waals surface area contributed by atoms with Gasteiger partial charge in [0, 0.05) is 23.3 Å². The van der Waals surface area contributed by atoms with Gasteiger partial charge >= 0.3 is 0 Å². The molecule has 0 aliphatic heterocycles. The van der Waals surface area contributed by atoms with Crippen molar-refractivity contribution in [1.82, 2.24) is 10.3 Å². The normalized spacial score (nSPS) is 12.9. The summed E-state index contributed by atoms with van der Waals surface area (Å²) < 4.78 is 0.862. The number of H-pyrrole nitrogens is 1. The number of nitrogens with one attached hydrogen (secondary N) is 2. The summed E-state index contributed by atoms with van der Waals surface area (Å²) in [6.45, 7) is 4.55. The number of aromatic nitrogens is 1. The minimum Gasteiger partial charge on any atom is -0.356 e. The Hall–Kier alpha value is -0.810. The van der Waals surface area contributed by atoms with E-state index in [0.717, 1.165) is 4.47 Å². The van der Waals surface area contributed by atoms with Crippen molar-refractivity contribution >= 4 is 21.8 Å². The van der Waals surface area contributed by atoms with Gasteiger partial charge in [-0.1, -0.05) is 13.8 Å². The second kappa shape index (κ2) is 5.32. The Bertz CT molecular complexity index is 335. The van der Waals surface area contributed by atoms with Gasteiger partial charge in [0.15, 0.2) is 0 Å². The minimum atomic E-state index is -0.128. The number of hydrogen-bond acceptors (Lipinski definition) is 2. The van der Waals surface area contributed by atoms with Gasteiger partial charge in [0.25, 0.3) is 5.91 Å². The summed E-state index contributed by atoms with van der Waals surface area (Å²) in [6.07, 6.45) is 1.72. The number of halogens is 1. The van der Waals surface area contributed by atoms with Crippen LogP contribution in [0.1, 0.15) is 24.3 Å². The third kappa shape index (κ3) is 3.68. The smallest absolute Gasteiger partial charge is 0.267 e. The van der Waals surface area contributed by atoms with E-state index in [1.807, 2.05) is 13.8 Å². The summed E-state index contributed by atoms with van der Waals surface area (Å²) in [5, 5.41) is 2.78. The van der Waals surface area contributed by atoms with E-state index in [0.29, 0.717) is 18.2 Å². The third-order valence-electron chi connectivity index (χ3n) is 2.25. The molecule has 1 aromatic heterocycles. The molecule has 1 rings (SSSR count). The first-order valence-corrected chi connectivity index (χ1v) is 5.67. The lowest BCUT2D eigenvalue weighted by molar-refractivity contribution is 0.0945. The molecule has 0 bridgehead atoms. The molecule has 0 radical (unpaired) electrons. The Kier molecular flexibility index (Phi) is 4.35. The van der Waals surface area contributed by atoms with Crippen LogP contribution in [0.5, 0.6) is 0 Å². The molecule has 1 unspecified atom stereocenters. The molecule has 1 aromatic rings. The Morgan fingerprint density at radius 2 is 2.33 bits per heavy atom. The van der Waals surface area contributed by atoms with Crippen molar-refractivity contribution in [1.29, 1.82) is 0 Å². The van der Waals surface area contributed by atoms with Crippen LogP contribution in [0.2, 0.25) is 0 Å². The van der Waals surface area contributed by atoms with Crippen molar-refractivity contribution in [3.05, 3.63) is 22.4 Å². The van der Waals surface area contributed by atoms with Gasteiger partial charge in [0.2, 0.25) is 0 Å². The molecule has 4 N–H and O–H groups in total. The highest BCUT2D eigenvalue weighted by molar-refractivity contribution is 9.10. The van der Waals surface area contributed by atoms with Crippen LogP contribution in [0.25, 0.3) is 0 Å². The number of hydrogen-bond donors (Lipinski definition) is 3. The molecule has 1 heterocycles. The van der Waals surface area contributed by atoms with Crippen LogP contribution in [0.3, 0.4) is 0 Å². The molecule has 0 saturated carbocycles. The van der Waals surface area contributed by atoms with E-state index < -0.39 is 0 Å². The lowest BCUT2D eigenvalue weighted by Crippen LogP contribution is -2.40. The van der Waals surface area contributed by atoms with Gasteiger partial charge < -0.3 is 16.0 Å². The second-order valence-electron chi connectivity index (χ2n) is 3.85. The zero-order valence-electron chi connectivity index (χ0n) is 8.88. The molecule has 0 saturated heterocycles. The van der Waals surface area contributed by atoms with E-state index in [1.165, 1.54) is 0 Å².